The Morgan fingerprint density at radius 1 is 1.00 bits per heavy atom. The number of nitrogens with zero attached hydrogens (tertiary/aromatic N) is 1. The van der Waals surface area contributed by atoms with Gasteiger partial charge in [-0.2, -0.15) is 13.2 Å². The van der Waals surface area contributed by atoms with Gasteiger partial charge in [0.15, 0.2) is 0 Å². The van der Waals surface area contributed by atoms with E-state index in [4.69, 9.17) is 11.6 Å². The van der Waals surface area contributed by atoms with Crippen molar-refractivity contribution in [1.82, 2.24) is 0 Å². The molecule has 1 N–H and O–H groups in total. The van der Waals surface area contributed by atoms with E-state index in [0.717, 1.165) is 28.1 Å². The highest BCUT2D eigenvalue weighted by atomic mass is 35.5. The maximum atomic E-state index is 13.0. The van der Waals surface area contributed by atoms with Crippen LogP contribution >= 0.6 is 11.6 Å². The van der Waals surface area contributed by atoms with Crippen LogP contribution in [0.25, 0.3) is 0 Å². The zero-order valence-electron chi connectivity index (χ0n) is 16.9. The molecule has 10 heteroatoms. The number of carbonyl (C=O) groups excluding carboxylic acids is 1. The Bertz CT molecular complexity index is 1260. The number of amides is 1. The van der Waals surface area contributed by atoms with Gasteiger partial charge in [-0.15, -0.1) is 0 Å². The molecule has 0 aromatic heterocycles. The van der Waals surface area contributed by atoms with E-state index in [1.807, 2.05) is 6.92 Å². The van der Waals surface area contributed by atoms with Crippen LogP contribution in [0.15, 0.2) is 71.6 Å². The first-order chi connectivity index (χ1) is 14.9. The third-order valence-corrected chi connectivity index (χ3v) is 6.82. The van der Waals surface area contributed by atoms with E-state index in [1.54, 1.807) is 18.2 Å². The minimum absolute atomic E-state index is 0.0294. The second-order valence-corrected chi connectivity index (χ2v) is 9.33. The normalized spacial score (nSPS) is 11.8. The molecule has 32 heavy (non-hydrogen) atoms. The number of anilines is 2. The van der Waals surface area contributed by atoms with Crippen LogP contribution in [0, 0.1) is 6.92 Å². The van der Waals surface area contributed by atoms with Gasteiger partial charge in [0.05, 0.1) is 32.4 Å². The molecule has 3 aromatic rings. The predicted molar refractivity (Wildman–Crippen MR) is 118 cm³/mol. The van der Waals surface area contributed by atoms with Gasteiger partial charge in [0.1, 0.15) is 0 Å². The van der Waals surface area contributed by atoms with Crippen LogP contribution in [0.1, 0.15) is 21.5 Å². The second kappa shape index (κ2) is 8.84. The fourth-order valence-corrected chi connectivity index (χ4v) is 4.30. The number of sulfonamides is 1. The highest BCUT2D eigenvalue weighted by molar-refractivity contribution is 7.92. The summed E-state index contributed by atoms with van der Waals surface area (Å²) in [7, 11) is -2.70. The van der Waals surface area contributed by atoms with E-state index in [2.05, 4.69) is 5.32 Å². The molecule has 1 amide bonds. The van der Waals surface area contributed by atoms with Crippen molar-refractivity contribution in [1.29, 1.82) is 0 Å². The van der Waals surface area contributed by atoms with Gasteiger partial charge < -0.3 is 5.32 Å². The SMILES string of the molecule is Cc1ccc(S(=O)(=O)N(C)c2ccccc2C(=O)Nc2cc(C(F)(F)F)ccc2Cl)cc1. The summed E-state index contributed by atoms with van der Waals surface area (Å²) >= 11 is 5.96. The van der Waals surface area contributed by atoms with Crippen molar-refractivity contribution in [2.24, 2.45) is 0 Å². The predicted octanol–water partition coefficient (Wildman–Crippen LogP) is 5.74. The molecular weight excluding hydrogens is 465 g/mol. The van der Waals surface area contributed by atoms with Gasteiger partial charge in [0.2, 0.25) is 0 Å². The third kappa shape index (κ3) is 4.89. The Balaban J connectivity index is 1.96. The minimum Gasteiger partial charge on any atom is -0.321 e. The van der Waals surface area contributed by atoms with Gasteiger partial charge in [0.25, 0.3) is 15.9 Å². The minimum atomic E-state index is -4.62. The van der Waals surface area contributed by atoms with Crippen molar-refractivity contribution < 1.29 is 26.4 Å². The van der Waals surface area contributed by atoms with Crippen molar-refractivity contribution in [2.45, 2.75) is 18.0 Å². The van der Waals surface area contributed by atoms with Gasteiger partial charge in [-0.1, -0.05) is 41.4 Å². The fraction of sp³-hybridized carbons (Fsp3) is 0.136. The highest BCUT2D eigenvalue weighted by Crippen LogP contribution is 2.34. The van der Waals surface area contributed by atoms with Crippen molar-refractivity contribution in [3.63, 3.8) is 0 Å². The Kier molecular flexibility index (Phi) is 6.52. The second-order valence-electron chi connectivity index (χ2n) is 6.95. The molecule has 168 valence electrons. The molecule has 3 aromatic carbocycles. The van der Waals surface area contributed by atoms with Gasteiger partial charge in [-0.3, -0.25) is 9.10 Å². The number of carbonyl (C=O) groups is 1. The molecule has 0 aliphatic heterocycles. The van der Waals surface area contributed by atoms with Crippen molar-refractivity contribution >= 4 is 38.9 Å². The summed E-state index contributed by atoms with van der Waals surface area (Å²) in [6.07, 6.45) is -4.62. The van der Waals surface area contributed by atoms with Gasteiger partial charge >= 0.3 is 6.18 Å². The lowest BCUT2D eigenvalue weighted by atomic mass is 10.1. The molecule has 0 saturated carbocycles. The average Bonchev–Trinajstić information content (AvgIpc) is 2.74. The molecule has 0 aliphatic carbocycles. The summed E-state index contributed by atoms with van der Waals surface area (Å²) in [4.78, 5) is 12.9. The van der Waals surface area contributed by atoms with Gasteiger partial charge in [-0.05, 0) is 49.4 Å². The Hall–Kier alpha value is -3.04. The number of nitrogens with one attached hydrogen (secondary N) is 1. The van der Waals surface area contributed by atoms with Crippen LogP contribution in [0.2, 0.25) is 5.02 Å². The molecular formula is C22H18ClF3N2O3S. The van der Waals surface area contributed by atoms with Crippen LogP contribution < -0.4 is 9.62 Å². The zero-order valence-corrected chi connectivity index (χ0v) is 18.5. The smallest absolute Gasteiger partial charge is 0.321 e. The number of halogens is 4. The molecule has 0 aliphatic rings. The van der Waals surface area contributed by atoms with Gasteiger partial charge in [-0.25, -0.2) is 8.42 Å². The third-order valence-electron chi connectivity index (χ3n) is 4.71. The summed E-state index contributed by atoms with van der Waals surface area (Å²) in [5, 5.41) is 2.25. The Labute approximate surface area is 188 Å². The van der Waals surface area contributed by atoms with Crippen molar-refractivity contribution in [2.75, 3.05) is 16.7 Å². The molecule has 0 saturated heterocycles. The van der Waals surface area contributed by atoms with Crippen LogP contribution in [-0.2, 0) is 16.2 Å². The lowest BCUT2D eigenvalue weighted by molar-refractivity contribution is -0.137. The molecule has 0 fully saturated rings. The first-order valence-electron chi connectivity index (χ1n) is 9.24. The standard InChI is InChI=1S/C22H18ClF3N2O3S/c1-14-7-10-16(11-8-14)32(30,31)28(2)20-6-4-3-5-17(20)21(29)27-19-13-15(22(24,25)26)9-12-18(19)23/h3-13H,1-2H3,(H,27,29). The van der Waals surface area contributed by atoms with Crippen LogP contribution in [0.4, 0.5) is 24.5 Å². The first-order valence-corrected chi connectivity index (χ1v) is 11.1. The molecule has 0 radical (unpaired) electrons. The van der Waals surface area contributed by atoms with E-state index in [1.165, 1.54) is 37.4 Å². The van der Waals surface area contributed by atoms with E-state index in [9.17, 15) is 26.4 Å². The number of aryl methyl sites for hydroxylation is 1. The number of hydrogen-bond donors (Lipinski definition) is 1. The number of rotatable bonds is 5. The van der Waals surface area contributed by atoms with E-state index in [0.29, 0.717) is 0 Å². The Morgan fingerprint density at radius 2 is 1.62 bits per heavy atom. The lowest BCUT2D eigenvalue weighted by Crippen LogP contribution is -2.29. The number of benzene rings is 3. The van der Waals surface area contributed by atoms with E-state index < -0.39 is 27.7 Å². The largest absolute Gasteiger partial charge is 0.416 e. The maximum absolute atomic E-state index is 13.0. The van der Waals surface area contributed by atoms with Gasteiger partial charge in [0, 0.05) is 7.05 Å². The zero-order chi connectivity index (χ0) is 23.7. The van der Waals surface area contributed by atoms with Crippen LogP contribution in [0.3, 0.4) is 0 Å². The summed E-state index contributed by atoms with van der Waals surface area (Å²) in [6, 6.07) is 14.6. The molecule has 0 unspecified atom stereocenters. The topological polar surface area (TPSA) is 66.5 Å². The average molecular weight is 483 g/mol. The number of hydrogen-bond acceptors (Lipinski definition) is 3. The van der Waals surface area contributed by atoms with Crippen LogP contribution in [-0.4, -0.2) is 21.4 Å². The Morgan fingerprint density at radius 3 is 2.25 bits per heavy atom. The monoisotopic (exact) mass is 482 g/mol. The van der Waals surface area contributed by atoms with Crippen molar-refractivity contribution in [3.05, 3.63) is 88.4 Å². The molecule has 3 rings (SSSR count). The molecule has 0 bridgehead atoms. The molecule has 0 spiro atoms. The highest BCUT2D eigenvalue weighted by Gasteiger charge is 2.31. The van der Waals surface area contributed by atoms with Crippen LogP contribution in [0.5, 0.6) is 0 Å². The lowest BCUT2D eigenvalue weighted by Gasteiger charge is -2.22. The summed E-state index contributed by atoms with van der Waals surface area (Å²) in [5.41, 5.74) is -0.355. The molecule has 0 atom stereocenters. The van der Waals surface area contributed by atoms with E-state index >= 15 is 0 Å². The maximum Gasteiger partial charge on any atom is 0.416 e. The summed E-state index contributed by atoms with van der Waals surface area (Å²) < 4.78 is 66.1. The summed E-state index contributed by atoms with van der Waals surface area (Å²) in [5.74, 6) is -0.812. The number of alkyl halides is 3. The molecule has 0 heterocycles. The van der Waals surface area contributed by atoms with E-state index in [-0.39, 0.29) is 26.9 Å². The fourth-order valence-electron chi connectivity index (χ4n) is 2.93. The number of para-hydroxylation sites is 1. The first kappa shape index (κ1) is 23.6. The quantitative estimate of drug-likeness (QED) is 0.504. The van der Waals surface area contributed by atoms with Crippen molar-refractivity contribution in [3.8, 4) is 0 Å². The molecule has 5 nitrogen and oxygen atoms in total. The summed E-state index contributed by atoms with van der Waals surface area (Å²) in [6.45, 7) is 1.82.